The highest BCUT2D eigenvalue weighted by atomic mass is 79.9. The van der Waals surface area contributed by atoms with E-state index in [-0.39, 0.29) is 37.5 Å². The van der Waals surface area contributed by atoms with Crippen LogP contribution in [0, 0.1) is 5.82 Å². The van der Waals surface area contributed by atoms with Crippen LogP contribution in [0.5, 0.6) is 0 Å². The highest BCUT2D eigenvalue weighted by Crippen LogP contribution is 2.48. The summed E-state index contributed by atoms with van der Waals surface area (Å²) in [5, 5.41) is 3.67. The van der Waals surface area contributed by atoms with Gasteiger partial charge >= 0.3 is 0 Å². The number of ether oxygens (including phenoxy) is 2. The molecule has 3 aromatic carbocycles. The van der Waals surface area contributed by atoms with Crippen molar-refractivity contribution in [3.05, 3.63) is 86.1 Å². The smallest absolute Gasteiger partial charge is 0.262 e. The summed E-state index contributed by atoms with van der Waals surface area (Å²) in [5.74, 6) is -0.316. The Kier molecular flexibility index (Phi) is 9.12. The number of amides is 1. The molecule has 1 atom stereocenters. The molecule has 0 bridgehead atoms. The minimum atomic E-state index is -2.41. The summed E-state index contributed by atoms with van der Waals surface area (Å²) >= 11 is 7.55. The largest absolute Gasteiger partial charge is 0.455 e. The van der Waals surface area contributed by atoms with Crippen LogP contribution in [-0.2, 0) is 33.9 Å². The van der Waals surface area contributed by atoms with Crippen LogP contribution in [0.15, 0.2) is 57.4 Å². The number of methoxy groups -OCH3 is 1. The Morgan fingerprint density at radius 1 is 1.24 bits per heavy atom. The van der Waals surface area contributed by atoms with Crippen LogP contribution in [0.4, 0.5) is 10.1 Å². The monoisotopic (exact) mass is 664 g/mol. The first-order valence-corrected chi connectivity index (χ1v) is 15.0. The summed E-state index contributed by atoms with van der Waals surface area (Å²) in [6.07, 6.45) is 1.82. The van der Waals surface area contributed by atoms with Crippen LogP contribution in [-0.4, -0.2) is 35.6 Å². The first-order chi connectivity index (χ1) is 19.7. The molecule has 1 amide bonds. The van der Waals surface area contributed by atoms with E-state index in [1.807, 2.05) is 12.1 Å². The number of nitrogens with one attached hydrogen (secondary N) is 1. The van der Waals surface area contributed by atoms with Crippen molar-refractivity contribution in [2.75, 3.05) is 25.3 Å². The van der Waals surface area contributed by atoms with E-state index in [1.165, 1.54) is 30.6 Å². The molecule has 1 fully saturated rings. The van der Waals surface area contributed by atoms with E-state index in [4.69, 9.17) is 25.5 Å². The molecule has 1 aliphatic carbocycles. The molecule has 1 aromatic heterocycles. The lowest BCUT2D eigenvalue weighted by atomic mass is 10.00. The number of hydrogen-bond acceptors (Lipinski definition) is 5. The van der Waals surface area contributed by atoms with Crippen molar-refractivity contribution in [2.45, 2.75) is 31.9 Å². The summed E-state index contributed by atoms with van der Waals surface area (Å²) < 4.78 is 55.6. The van der Waals surface area contributed by atoms with Crippen LogP contribution >= 0.6 is 27.5 Å². The van der Waals surface area contributed by atoms with Crippen molar-refractivity contribution in [1.29, 1.82) is 0 Å². The molecule has 41 heavy (non-hydrogen) atoms. The predicted octanol–water partition coefficient (Wildman–Crippen LogP) is 7.16. The maximum absolute atomic E-state index is 13.6. The molecule has 2 N–H and O–H groups in total. The number of rotatable bonds is 11. The van der Waals surface area contributed by atoms with Gasteiger partial charge in [0.25, 0.3) is 17.2 Å². The number of anilines is 1. The minimum absolute atomic E-state index is 0.0620. The minimum Gasteiger partial charge on any atom is -0.455 e. The molecule has 4 aromatic rings. The normalized spacial score (nSPS) is 13.9. The molecule has 0 saturated heterocycles. The summed E-state index contributed by atoms with van der Waals surface area (Å²) in [6, 6.07) is 12.8. The van der Waals surface area contributed by atoms with E-state index >= 15 is 0 Å². The zero-order valence-corrected chi connectivity index (χ0v) is 25.4. The lowest BCUT2D eigenvalue weighted by Gasteiger charge is -2.24. The van der Waals surface area contributed by atoms with Crippen molar-refractivity contribution in [3.63, 3.8) is 0 Å². The number of hydrogen-bond donors (Lipinski definition) is 2. The van der Waals surface area contributed by atoms with Crippen molar-refractivity contribution in [2.24, 2.45) is 0 Å². The third kappa shape index (κ3) is 6.35. The van der Waals surface area contributed by atoms with E-state index in [9.17, 15) is 17.9 Å². The van der Waals surface area contributed by atoms with Gasteiger partial charge in [0.1, 0.15) is 24.0 Å². The number of furan rings is 1. The SMILES string of the molecule is CNC(=O)c1c(-c2ccc(F)cc2)oc2cc(N(Cc3cc(Cl)c(Br)c(COCOC)c3)S(=O)O)c(C3CC3)cc12. The maximum Gasteiger partial charge on any atom is 0.262 e. The van der Waals surface area contributed by atoms with Gasteiger partial charge in [-0.25, -0.2) is 8.60 Å². The summed E-state index contributed by atoms with van der Waals surface area (Å²) in [7, 11) is 3.06. The Labute approximate surface area is 252 Å². The average molecular weight is 666 g/mol. The van der Waals surface area contributed by atoms with Gasteiger partial charge in [-0.05, 0) is 87.8 Å². The molecule has 216 valence electrons. The van der Waals surface area contributed by atoms with Gasteiger partial charge in [-0.15, -0.1) is 0 Å². The van der Waals surface area contributed by atoms with Gasteiger partial charge in [-0.3, -0.25) is 13.7 Å². The summed E-state index contributed by atoms with van der Waals surface area (Å²) in [4.78, 5) is 13.0. The molecule has 1 heterocycles. The molecular formula is C29H27BrClFN2O6S. The van der Waals surface area contributed by atoms with Gasteiger partial charge in [-0.1, -0.05) is 17.7 Å². The van der Waals surface area contributed by atoms with E-state index in [1.54, 1.807) is 24.3 Å². The standard InChI is InChI=1S/C29H27BrClFN2O6S/c1-33-29(35)26-22-11-21(17-3-4-17)24(12-25(22)40-28(26)18-5-7-20(32)8-6-18)34(41(36)37)13-16-9-19(14-39-15-38-2)27(30)23(31)10-16/h5-12,17H,3-4,13-15H2,1-2H3,(H,33,35)(H,36,37). The first-order valence-electron chi connectivity index (χ1n) is 12.7. The second kappa shape index (κ2) is 12.6. The number of nitrogens with zero attached hydrogens (tertiary/aromatic N) is 1. The number of fused-ring (bicyclic) bond motifs is 1. The molecule has 1 aliphatic rings. The Bertz CT molecular complexity index is 1630. The quantitative estimate of drug-likeness (QED) is 0.100. The van der Waals surface area contributed by atoms with Crippen LogP contribution in [0.3, 0.4) is 0 Å². The zero-order chi connectivity index (χ0) is 29.3. The Balaban J connectivity index is 1.62. The van der Waals surface area contributed by atoms with Gasteiger partial charge in [0.15, 0.2) is 0 Å². The Morgan fingerprint density at radius 3 is 2.61 bits per heavy atom. The number of halogens is 3. The summed E-state index contributed by atoms with van der Waals surface area (Å²) in [5.41, 5.74) is 4.02. The van der Waals surface area contributed by atoms with E-state index in [0.29, 0.717) is 42.8 Å². The van der Waals surface area contributed by atoms with Gasteiger partial charge in [0.2, 0.25) is 0 Å². The third-order valence-electron chi connectivity index (χ3n) is 6.82. The summed E-state index contributed by atoms with van der Waals surface area (Å²) in [6.45, 7) is 0.393. The number of carbonyl (C=O) groups excluding carboxylic acids is 1. The highest BCUT2D eigenvalue weighted by Gasteiger charge is 2.32. The number of carbonyl (C=O) groups is 1. The van der Waals surface area contributed by atoms with E-state index in [2.05, 4.69) is 21.2 Å². The Hall–Kier alpha value is -2.80. The predicted molar refractivity (Wildman–Crippen MR) is 160 cm³/mol. The van der Waals surface area contributed by atoms with E-state index in [0.717, 1.165) is 24.0 Å². The fourth-order valence-electron chi connectivity index (χ4n) is 4.77. The molecule has 5 rings (SSSR count). The first kappa shape index (κ1) is 29.7. The van der Waals surface area contributed by atoms with Crippen LogP contribution in [0.25, 0.3) is 22.3 Å². The third-order valence-corrected chi connectivity index (χ3v) is 8.99. The fourth-order valence-corrected chi connectivity index (χ4v) is 5.96. The van der Waals surface area contributed by atoms with Gasteiger partial charge < -0.3 is 19.2 Å². The van der Waals surface area contributed by atoms with Crippen LogP contribution < -0.4 is 9.62 Å². The van der Waals surface area contributed by atoms with Gasteiger partial charge in [-0.2, -0.15) is 0 Å². The van der Waals surface area contributed by atoms with Gasteiger partial charge in [0, 0.05) is 35.6 Å². The van der Waals surface area contributed by atoms with Crippen molar-refractivity contribution in [3.8, 4) is 11.3 Å². The molecule has 0 spiro atoms. The van der Waals surface area contributed by atoms with Crippen molar-refractivity contribution < 1.29 is 31.8 Å². The highest BCUT2D eigenvalue weighted by molar-refractivity contribution is 9.10. The average Bonchev–Trinajstić information content (AvgIpc) is 3.73. The van der Waals surface area contributed by atoms with Crippen LogP contribution in [0.1, 0.15) is 45.8 Å². The van der Waals surface area contributed by atoms with Crippen molar-refractivity contribution >= 4 is 61.4 Å². The zero-order valence-electron chi connectivity index (χ0n) is 22.2. The van der Waals surface area contributed by atoms with Crippen molar-refractivity contribution in [1.82, 2.24) is 5.32 Å². The molecule has 12 heteroatoms. The molecule has 0 aliphatic heterocycles. The molecule has 1 unspecified atom stereocenters. The van der Waals surface area contributed by atoms with Gasteiger partial charge in [0.05, 0.1) is 29.4 Å². The molecular weight excluding hydrogens is 639 g/mol. The second-order valence-corrected chi connectivity index (χ2v) is 11.7. The molecule has 0 radical (unpaired) electrons. The fraction of sp³-hybridized carbons (Fsp3) is 0.276. The Morgan fingerprint density at radius 2 is 1.98 bits per heavy atom. The number of benzene rings is 3. The molecule has 8 nitrogen and oxygen atoms in total. The maximum atomic E-state index is 13.6. The van der Waals surface area contributed by atoms with Crippen LogP contribution in [0.2, 0.25) is 5.02 Å². The molecule has 1 saturated carbocycles. The topological polar surface area (TPSA) is 101 Å². The lowest BCUT2D eigenvalue weighted by Crippen LogP contribution is -2.26. The second-order valence-electron chi connectivity index (χ2n) is 9.65. The van der Waals surface area contributed by atoms with E-state index < -0.39 is 17.1 Å². The lowest BCUT2D eigenvalue weighted by molar-refractivity contribution is -0.0392.